The van der Waals surface area contributed by atoms with Gasteiger partial charge in [-0.1, -0.05) is 28.1 Å². The molecule has 0 saturated carbocycles. The maximum atomic E-state index is 13.8. The van der Waals surface area contributed by atoms with Crippen LogP contribution in [-0.4, -0.2) is 5.11 Å². The van der Waals surface area contributed by atoms with E-state index in [4.69, 9.17) is 0 Å². The first-order valence-electron chi connectivity index (χ1n) is 5.35. The van der Waals surface area contributed by atoms with Crippen molar-refractivity contribution in [2.24, 2.45) is 0 Å². The molecule has 1 N–H and O–H groups in total. The highest BCUT2D eigenvalue weighted by Gasteiger charge is 2.28. The fourth-order valence-corrected chi connectivity index (χ4v) is 2.16. The molecule has 4 heteroatoms. The molecule has 2 rings (SSSR count). The van der Waals surface area contributed by atoms with Gasteiger partial charge in [-0.25, -0.2) is 8.78 Å². The van der Waals surface area contributed by atoms with Gasteiger partial charge in [-0.05, 0) is 42.8 Å². The predicted octanol–water partition coefficient (Wildman–Crippen LogP) is 3.98. The first-order chi connectivity index (χ1) is 8.41. The van der Waals surface area contributed by atoms with Crippen LogP contribution in [0.3, 0.4) is 0 Å². The van der Waals surface area contributed by atoms with Crippen molar-refractivity contribution in [1.82, 2.24) is 0 Å². The van der Waals surface area contributed by atoms with Crippen LogP contribution >= 0.6 is 15.9 Å². The smallest absolute Gasteiger partial charge is 0.129 e. The fourth-order valence-electron chi connectivity index (χ4n) is 1.80. The first kappa shape index (κ1) is 13.2. The second kappa shape index (κ2) is 4.78. The van der Waals surface area contributed by atoms with Crippen molar-refractivity contribution in [1.29, 1.82) is 0 Å². The van der Waals surface area contributed by atoms with Crippen molar-refractivity contribution < 1.29 is 13.9 Å². The van der Waals surface area contributed by atoms with E-state index in [1.54, 1.807) is 6.07 Å². The average Bonchev–Trinajstić information content (AvgIpc) is 2.32. The molecule has 0 fully saturated rings. The topological polar surface area (TPSA) is 20.2 Å². The predicted molar refractivity (Wildman–Crippen MR) is 69.2 cm³/mol. The summed E-state index contributed by atoms with van der Waals surface area (Å²) in [6.07, 6.45) is 0. The minimum absolute atomic E-state index is 0.142. The van der Waals surface area contributed by atoms with Gasteiger partial charge in [-0.2, -0.15) is 0 Å². The lowest BCUT2D eigenvalue weighted by Crippen LogP contribution is -2.24. The lowest BCUT2D eigenvalue weighted by molar-refractivity contribution is 0.0978. The third kappa shape index (κ3) is 2.44. The summed E-state index contributed by atoms with van der Waals surface area (Å²) in [4.78, 5) is 0. The molecule has 0 amide bonds. The standard InChI is InChI=1S/C14H11BrF2O/c1-14(18,9-2-5-11(16)6-3-9)12-8-10(15)4-7-13(12)17/h2-8,18H,1H3. The number of aliphatic hydroxyl groups is 1. The molecular formula is C14H11BrF2O. The quantitative estimate of drug-likeness (QED) is 0.889. The molecule has 1 nitrogen and oxygen atoms in total. The third-order valence-corrected chi connectivity index (χ3v) is 3.35. The number of benzene rings is 2. The Morgan fingerprint density at radius 2 is 1.67 bits per heavy atom. The van der Waals surface area contributed by atoms with Crippen LogP contribution in [-0.2, 0) is 5.60 Å². The van der Waals surface area contributed by atoms with Crippen LogP contribution in [0.1, 0.15) is 18.1 Å². The van der Waals surface area contributed by atoms with Gasteiger partial charge in [-0.3, -0.25) is 0 Å². The number of hydrogen-bond acceptors (Lipinski definition) is 1. The molecule has 0 spiro atoms. The second-order valence-corrected chi connectivity index (χ2v) is 5.12. The molecule has 2 aromatic carbocycles. The van der Waals surface area contributed by atoms with Gasteiger partial charge < -0.3 is 5.11 Å². The summed E-state index contributed by atoms with van der Waals surface area (Å²) < 4.78 is 27.3. The van der Waals surface area contributed by atoms with E-state index in [0.29, 0.717) is 10.0 Å². The van der Waals surface area contributed by atoms with Crippen molar-refractivity contribution >= 4 is 15.9 Å². The minimum Gasteiger partial charge on any atom is -0.381 e. The van der Waals surface area contributed by atoms with Gasteiger partial charge in [0.15, 0.2) is 0 Å². The highest BCUT2D eigenvalue weighted by Crippen LogP contribution is 2.32. The van der Waals surface area contributed by atoms with E-state index in [-0.39, 0.29) is 5.56 Å². The molecule has 0 aliphatic heterocycles. The van der Waals surface area contributed by atoms with Gasteiger partial charge >= 0.3 is 0 Å². The SMILES string of the molecule is CC(O)(c1ccc(F)cc1)c1cc(Br)ccc1F. The van der Waals surface area contributed by atoms with Gasteiger partial charge in [0, 0.05) is 10.0 Å². The van der Waals surface area contributed by atoms with Crippen LogP contribution in [0.5, 0.6) is 0 Å². The molecule has 0 aromatic heterocycles. The van der Waals surface area contributed by atoms with Gasteiger partial charge in [0.1, 0.15) is 17.2 Å². The Labute approximate surface area is 112 Å². The molecule has 0 aliphatic carbocycles. The van der Waals surface area contributed by atoms with E-state index in [1.165, 1.54) is 43.3 Å². The van der Waals surface area contributed by atoms with Crippen LogP contribution in [0.15, 0.2) is 46.9 Å². The molecule has 18 heavy (non-hydrogen) atoms. The van der Waals surface area contributed by atoms with Crippen molar-refractivity contribution in [3.63, 3.8) is 0 Å². The Kier molecular flexibility index (Phi) is 3.50. The van der Waals surface area contributed by atoms with E-state index in [2.05, 4.69) is 15.9 Å². The van der Waals surface area contributed by atoms with E-state index in [9.17, 15) is 13.9 Å². The summed E-state index contributed by atoms with van der Waals surface area (Å²) in [6.45, 7) is 1.48. The molecule has 0 bridgehead atoms. The van der Waals surface area contributed by atoms with Crippen LogP contribution in [0.2, 0.25) is 0 Å². The Balaban J connectivity index is 2.53. The van der Waals surface area contributed by atoms with Crippen LogP contribution < -0.4 is 0 Å². The van der Waals surface area contributed by atoms with E-state index in [1.807, 2.05) is 0 Å². The lowest BCUT2D eigenvalue weighted by Gasteiger charge is -2.25. The second-order valence-electron chi connectivity index (χ2n) is 4.20. The molecule has 1 atom stereocenters. The van der Waals surface area contributed by atoms with Gasteiger partial charge in [0.25, 0.3) is 0 Å². The lowest BCUT2D eigenvalue weighted by atomic mass is 9.88. The average molecular weight is 313 g/mol. The zero-order chi connectivity index (χ0) is 13.3. The zero-order valence-corrected chi connectivity index (χ0v) is 11.2. The largest absolute Gasteiger partial charge is 0.381 e. The maximum Gasteiger partial charge on any atom is 0.129 e. The first-order valence-corrected chi connectivity index (χ1v) is 6.14. The minimum atomic E-state index is -1.51. The zero-order valence-electron chi connectivity index (χ0n) is 9.62. The molecule has 0 saturated heterocycles. The van der Waals surface area contributed by atoms with Crippen molar-refractivity contribution in [2.45, 2.75) is 12.5 Å². The summed E-state index contributed by atoms with van der Waals surface area (Å²) >= 11 is 3.24. The Morgan fingerprint density at radius 1 is 1.06 bits per heavy atom. The molecular weight excluding hydrogens is 302 g/mol. The molecule has 0 radical (unpaired) electrons. The van der Waals surface area contributed by atoms with Gasteiger partial charge in [0.05, 0.1) is 0 Å². The molecule has 2 aromatic rings. The van der Waals surface area contributed by atoms with Crippen LogP contribution in [0, 0.1) is 11.6 Å². The number of hydrogen-bond donors (Lipinski definition) is 1. The molecule has 0 heterocycles. The van der Waals surface area contributed by atoms with E-state index < -0.39 is 17.2 Å². The highest BCUT2D eigenvalue weighted by molar-refractivity contribution is 9.10. The van der Waals surface area contributed by atoms with Crippen LogP contribution in [0.25, 0.3) is 0 Å². The maximum absolute atomic E-state index is 13.8. The Bertz CT molecular complexity index is 565. The monoisotopic (exact) mass is 312 g/mol. The van der Waals surface area contributed by atoms with Gasteiger partial charge in [-0.15, -0.1) is 0 Å². The summed E-state index contributed by atoms with van der Waals surface area (Å²) in [5.74, 6) is -0.906. The van der Waals surface area contributed by atoms with E-state index >= 15 is 0 Å². The summed E-state index contributed by atoms with van der Waals surface area (Å²) in [6, 6.07) is 9.69. The number of rotatable bonds is 2. The summed E-state index contributed by atoms with van der Waals surface area (Å²) in [7, 11) is 0. The molecule has 94 valence electrons. The van der Waals surface area contributed by atoms with Crippen molar-refractivity contribution in [3.05, 3.63) is 69.7 Å². The fraction of sp³-hybridized carbons (Fsp3) is 0.143. The molecule has 0 aliphatic rings. The Morgan fingerprint density at radius 3 is 2.28 bits per heavy atom. The summed E-state index contributed by atoms with van der Waals surface area (Å²) in [5.41, 5.74) is -0.939. The normalized spacial score (nSPS) is 14.3. The van der Waals surface area contributed by atoms with Gasteiger partial charge in [0.2, 0.25) is 0 Å². The van der Waals surface area contributed by atoms with Crippen molar-refractivity contribution in [3.8, 4) is 0 Å². The summed E-state index contributed by atoms with van der Waals surface area (Å²) in [5, 5.41) is 10.5. The highest BCUT2D eigenvalue weighted by atomic mass is 79.9. The number of halogens is 3. The van der Waals surface area contributed by atoms with Crippen molar-refractivity contribution in [2.75, 3.05) is 0 Å². The Hall–Kier alpha value is -1.26. The third-order valence-electron chi connectivity index (χ3n) is 2.86. The van der Waals surface area contributed by atoms with Crippen LogP contribution in [0.4, 0.5) is 8.78 Å². The molecule has 1 unspecified atom stereocenters. The van der Waals surface area contributed by atoms with E-state index in [0.717, 1.165) is 0 Å².